The number of phenols is 1. The highest BCUT2D eigenvalue weighted by Gasteiger charge is 2.54. The van der Waals surface area contributed by atoms with Gasteiger partial charge in [-0.25, -0.2) is 0 Å². The molecule has 7 aliphatic heterocycles. The van der Waals surface area contributed by atoms with Crippen LogP contribution in [-0.2, 0) is 69.7 Å². The van der Waals surface area contributed by atoms with Gasteiger partial charge in [-0.05, 0) is 233 Å². The maximum atomic E-state index is 16.9. The Morgan fingerprint density at radius 2 is 1.34 bits per heavy atom. The number of aliphatic hydroxyl groups is 8. The Morgan fingerprint density at radius 3 is 2.00 bits per heavy atom. The van der Waals surface area contributed by atoms with Crippen molar-refractivity contribution in [3.05, 3.63) is 158 Å². The highest BCUT2D eigenvalue weighted by molar-refractivity contribution is 6.32. The molecule has 7 heterocycles. The predicted molar refractivity (Wildman–Crippen MR) is 465 cm³/mol. The molecule has 0 radical (unpaired) electrons. The number of aryl methyl sites for hydroxylation is 1. The third kappa shape index (κ3) is 20.1. The number of nitrogens with two attached hydrogens (primary N) is 1. The molecule has 0 unspecified atom stereocenters. The molecule has 6 fully saturated rings. The van der Waals surface area contributed by atoms with E-state index >= 15 is 33.6 Å². The third-order valence-electron chi connectivity index (χ3n) is 26.2. The van der Waals surface area contributed by atoms with Crippen molar-refractivity contribution in [3.63, 3.8) is 0 Å². The number of likely N-dealkylation sites (N-methyl/N-ethyl adjacent to an activating group) is 3. The Hall–Kier alpha value is -10.6. The summed E-state index contributed by atoms with van der Waals surface area (Å²) in [4.78, 5) is 141. The topological polar surface area (TPSA) is 568 Å². The molecular weight excluding hydrogens is 1720 g/mol. The summed E-state index contributed by atoms with van der Waals surface area (Å²) in [5.41, 5.74) is 3.65. The van der Waals surface area contributed by atoms with Crippen LogP contribution >= 0.6 is 11.6 Å². The quantitative estimate of drug-likeness (QED) is 0.0302. The van der Waals surface area contributed by atoms with Crippen LogP contribution < -0.4 is 83.2 Å². The van der Waals surface area contributed by atoms with Crippen molar-refractivity contribution in [1.82, 2.24) is 58.5 Å². The summed E-state index contributed by atoms with van der Waals surface area (Å²) in [5.74, 6) is -15.4. The first kappa shape index (κ1) is 95.0. The number of aromatic hydroxyl groups is 1. The van der Waals surface area contributed by atoms with Crippen LogP contribution in [0.5, 0.6) is 40.2 Å². The minimum Gasteiger partial charge on any atom is -0.508 e. The van der Waals surface area contributed by atoms with Crippen LogP contribution in [0.4, 0.5) is 0 Å². The van der Waals surface area contributed by atoms with E-state index in [2.05, 4.69) is 58.5 Å². The van der Waals surface area contributed by atoms with Crippen molar-refractivity contribution in [1.29, 1.82) is 0 Å². The number of rotatable bonds is 24. The van der Waals surface area contributed by atoms with Gasteiger partial charge in [0.2, 0.25) is 65.1 Å². The summed E-state index contributed by atoms with van der Waals surface area (Å²) >= 11 is 7.35. The lowest BCUT2D eigenvalue weighted by Crippen LogP contribution is -2.64. The number of nitrogens with one attached hydrogen (secondary N) is 11. The van der Waals surface area contributed by atoms with E-state index in [0.717, 1.165) is 62.4 Å². The fourth-order valence-corrected chi connectivity index (χ4v) is 19.9. The molecule has 18 atom stereocenters. The lowest BCUT2D eigenvalue weighted by Gasteiger charge is -2.54. The molecule has 0 spiro atoms. The normalized spacial score (nSPS) is 30.2. The first-order valence-corrected chi connectivity index (χ1v) is 44.4. The molecule has 18 rings (SSSR count). The first-order valence-electron chi connectivity index (χ1n) is 44.0. The lowest BCUT2D eigenvalue weighted by atomic mass is 9.54. The number of amides is 9. The number of hydrogen-bond acceptors (Lipinski definition) is 30. The number of fused-ring (bicyclic) bond motifs is 12. The second-order valence-corrected chi connectivity index (χ2v) is 36.7. The Morgan fingerprint density at radius 1 is 0.679 bits per heavy atom. The van der Waals surface area contributed by atoms with E-state index in [-0.39, 0.29) is 129 Å². The van der Waals surface area contributed by atoms with E-state index in [1.165, 1.54) is 88.5 Å². The number of imide groups is 1. The minimum atomic E-state index is -3.00. The van der Waals surface area contributed by atoms with Gasteiger partial charge >= 0.3 is 0 Å². The van der Waals surface area contributed by atoms with E-state index in [1.54, 1.807) is 20.2 Å². The number of phenolic OH excluding ortho intramolecular Hbond substituents is 1. The molecule has 12 aliphatic rings. The lowest BCUT2D eigenvalue weighted by molar-refractivity contribution is -0.333. The van der Waals surface area contributed by atoms with Gasteiger partial charge in [-0.3, -0.25) is 48.5 Å². The standard InChI is InChI=1S/C92H113ClN12O26/c1-39(2)19-59(97-8)83(115)104-73-75(109)46-10-13-61(40(3)20-46)127-63-31-50-32-64(79(63)131-90-80(78(112)77(111)65(37-106)129-90)130-67-36-91(5,94)81(113)41(4)126-67)128-62-14-11-47(30-58(62)93)76(110)74-89(121)103-72(87(119)100-69-48-22-42-21-43(24-48)25-49(69)23-42)55-33-52(107)34-57-68(55)54-29-45(9-12-56(54)92(57,122)123)70(85(117)105-74)102-86(118)71(50)101-84(116)60(98-88(73)120)35-66(108)99-82(114)51-26-44(38-124-17-15-95-6)27-53(28-51)125-18-16-96-7/h9-14,20,26-34,39,41-43,48-49,59-60,65,67,69-78,80-81,90,95-97,106-107,109-113,122-123H,15-19,21-25,35-38,94H2,1-8H3,(H,98,120)(H,100,119)(H,101,116)(H,102,118)(H,103,121)(H,104,115)(H,105,117)(H,99,108,114)/t41-,42?,43?,48?,49?,59+,60-,65+,67-,69?,70+,71+,72-,73+,74-,75+,76+,77+,78-,80+,81+,90-,91-/m0/s1. The van der Waals surface area contributed by atoms with Crippen LogP contribution in [0.25, 0.3) is 11.1 Å². The third-order valence-corrected chi connectivity index (χ3v) is 26.5. The van der Waals surface area contributed by atoms with Crippen LogP contribution in [-0.4, -0.2) is 238 Å². The summed E-state index contributed by atoms with van der Waals surface area (Å²) < 4.78 is 51.4. The molecule has 15 bridgehead atoms. The van der Waals surface area contributed by atoms with Gasteiger partial charge in [0.15, 0.2) is 23.9 Å². The molecule has 2 saturated heterocycles. The van der Waals surface area contributed by atoms with Crippen molar-refractivity contribution in [2.45, 2.75) is 214 Å². The average molecular weight is 1840 g/mol. The average Bonchev–Trinajstić information content (AvgIpc) is 1.56. The monoisotopic (exact) mass is 1840 g/mol. The van der Waals surface area contributed by atoms with Gasteiger partial charge < -0.3 is 143 Å². The summed E-state index contributed by atoms with van der Waals surface area (Å²) in [6.07, 6.45) is -14.3. The maximum absolute atomic E-state index is 16.9. The largest absolute Gasteiger partial charge is 0.508 e. The van der Waals surface area contributed by atoms with E-state index in [1.807, 2.05) is 13.8 Å². The molecule has 5 aliphatic carbocycles. The summed E-state index contributed by atoms with van der Waals surface area (Å²) in [6, 6.07) is 5.68. The molecule has 131 heavy (non-hydrogen) atoms. The fourth-order valence-electron chi connectivity index (χ4n) is 19.7. The van der Waals surface area contributed by atoms with E-state index in [0.29, 0.717) is 30.5 Å². The van der Waals surface area contributed by atoms with Crippen molar-refractivity contribution in [3.8, 4) is 51.4 Å². The van der Waals surface area contributed by atoms with Gasteiger partial charge in [-0.15, -0.1) is 0 Å². The number of ether oxygens (including phenoxy) is 8. The molecule has 9 amide bonds. The molecule has 38 nitrogen and oxygen atoms in total. The smallest absolute Gasteiger partial charge is 0.257 e. The first-order chi connectivity index (χ1) is 62.4. The molecule has 0 aromatic heterocycles. The van der Waals surface area contributed by atoms with Crippen molar-refractivity contribution in [2.75, 3.05) is 54.1 Å². The molecule has 22 N–H and O–H groups in total. The number of carbonyl (C=O) groups excluding carboxylic acids is 9. The zero-order chi connectivity index (χ0) is 93.7. The minimum absolute atomic E-state index is 0.0275. The number of hydrogen-bond donors (Lipinski definition) is 21. The highest BCUT2D eigenvalue weighted by Crippen LogP contribution is 2.56. The van der Waals surface area contributed by atoms with Crippen molar-refractivity contribution >= 4 is 64.8 Å². The number of benzene rings is 6. The van der Waals surface area contributed by atoms with Gasteiger partial charge in [-0.1, -0.05) is 49.7 Å². The van der Waals surface area contributed by atoms with Gasteiger partial charge in [0.05, 0.1) is 49.5 Å². The van der Waals surface area contributed by atoms with Gasteiger partial charge in [0.25, 0.3) is 5.91 Å². The summed E-state index contributed by atoms with van der Waals surface area (Å²) in [5, 5.41) is 138. The molecule has 6 aromatic carbocycles. The highest BCUT2D eigenvalue weighted by atomic mass is 35.5. The fraction of sp³-hybridized carbons (Fsp3) is 0.511. The van der Waals surface area contributed by atoms with Crippen LogP contribution in [0.1, 0.15) is 170 Å². The SMILES string of the molecule is CNCCOCc1cc(OCCNC)cc(C(=O)NC(=O)C[C@@H]2NC(=O)[C@H](NC(=O)[C@@H](CC(C)C)NC)[C@H](O)c3ccc(c(C)c3)Oc3cc4cc(c3O[C@@H]3O[C@H](CO)[C@@H](O)[C@H](O)[C@H]3O[C@H]3C[C@](C)(N)[C@H](O)[C@H](C)O3)Oc3ccc(cc3Cl)[C@@H](O)[C@@H]3NC(=O)[C@H](NC(=O)[C@@H]4NC2=O)c2ccc4c(c2)-c2c(cc(O)cc2C4(O)O)[C@@H](C(=O)NC2C4CC5CC(C4)CC2C5)NC3=O)c1. The van der Waals surface area contributed by atoms with Crippen molar-refractivity contribution < 1.29 is 127 Å². The number of halogens is 1. The Balaban J connectivity index is 0.921. The van der Waals surface area contributed by atoms with Crippen LogP contribution in [0, 0.1) is 36.5 Å². The molecule has 39 heteroatoms. The predicted octanol–water partition coefficient (Wildman–Crippen LogP) is 1.51. The molecule has 6 aromatic rings. The van der Waals surface area contributed by atoms with Gasteiger partial charge in [0.1, 0.15) is 96.4 Å². The van der Waals surface area contributed by atoms with E-state index < -0.39 is 215 Å². The van der Waals surface area contributed by atoms with Gasteiger partial charge in [-0.2, -0.15) is 0 Å². The molecular formula is C92H113ClN12O26. The van der Waals surface area contributed by atoms with E-state index in [9.17, 15) is 55.5 Å². The van der Waals surface area contributed by atoms with Crippen LogP contribution in [0.3, 0.4) is 0 Å². The Bertz CT molecular complexity index is 5340. The second-order valence-electron chi connectivity index (χ2n) is 36.3. The maximum Gasteiger partial charge on any atom is 0.257 e. The zero-order valence-electron chi connectivity index (χ0n) is 73.3. The summed E-state index contributed by atoms with van der Waals surface area (Å²) in [7, 11) is 4.93. The van der Waals surface area contributed by atoms with Crippen LogP contribution in [0.15, 0.2) is 97.1 Å². The van der Waals surface area contributed by atoms with E-state index in [4.69, 9.17) is 55.2 Å². The molecule has 704 valence electrons. The van der Waals surface area contributed by atoms with Crippen molar-refractivity contribution in [2.24, 2.45) is 35.3 Å². The summed E-state index contributed by atoms with van der Waals surface area (Å²) in [6.45, 7) is 8.47. The second kappa shape index (κ2) is 39.3. The number of carbonyl (C=O) groups is 9. The Labute approximate surface area is 758 Å². The van der Waals surface area contributed by atoms with Crippen LogP contribution in [0.2, 0.25) is 5.02 Å². The molecule has 4 saturated carbocycles. The number of aliphatic hydroxyl groups excluding tert-OH is 6. The Kier molecular flexibility index (Phi) is 28.5. The zero-order valence-corrected chi connectivity index (χ0v) is 74.1. The van der Waals surface area contributed by atoms with Gasteiger partial charge in [0, 0.05) is 47.8 Å².